The van der Waals surface area contributed by atoms with Crippen LogP contribution in [-0.4, -0.2) is 69.8 Å². The standard InChI is InChI=1S/C17H24ClNO4.Na.H/c1-11(2)19(16(22)23-17(3,4)5)10-14(15(20)21)12-6-8-13(18)9-7-12;;/h6-9,11,14H,10H2,1-5H3,(H,20,21);;. The molecule has 0 fully saturated rings. The Bertz CT molecular complexity index is 555. The van der Waals surface area contributed by atoms with Gasteiger partial charge in [-0.1, -0.05) is 23.7 Å². The summed E-state index contributed by atoms with van der Waals surface area (Å²) in [5.41, 5.74) is -0.0421. The third-order valence-electron chi connectivity index (χ3n) is 3.20. The van der Waals surface area contributed by atoms with Crippen molar-refractivity contribution in [3.8, 4) is 0 Å². The second-order valence-corrected chi connectivity index (χ2v) is 7.11. The van der Waals surface area contributed by atoms with Crippen LogP contribution in [0, 0.1) is 0 Å². The van der Waals surface area contributed by atoms with Crippen LogP contribution in [-0.2, 0) is 9.53 Å². The van der Waals surface area contributed by atoms with Crippen molar-refractivity contribution in [1.29, 1.82) is 0 Å². The second kappa shape index (κ2) is 9.66. The van der Waals surface area contributed by atoms with Gasteiger partial charge in [0.25, 0.3) is 0 Å². The molecule has 0 aliphatic carbocycles. The maximum absolute atomic E-state index is 12.3. The Balaban J connectivity index is 0.00000529. The van der Waals surface area contributed by atoms with Crippen molar-refractivity contribution in [2.24, 2.45) is 0 Å². The Kier molecular flexibility index (Phi) is 9.36. The summed E-state index contributed by atoms with van der Waals surface area (Å²) in [6, 6.07) is 6.42. The number of carbonyl (C=O) groups is 2. The number of aliphatic carboxylic acids is 1. The summed E-state index contributed by atoms with van der Waals surface area (Å²) in [6.45, 7) is 9.00. The minimum atomic E-state index is -0.999. The molecule has 1 rings (SSSR count). The van der Waals surface area contributed by atoms with Gasteiger partial charge in [-0.25, -0.2) is 4.79 Å². The summed E-state index contributed by atoms with van der Waals surface area (Å²) in [6.07, 6.45) is -0.521. The third-order valence-corrected chi connectivity index (χ3v) is 3.45. The number of benzene rings is 1. The van der Waals surface area contributed by atoms with E-state index < -0.39 is 23.6 Å². The van der Waals surface area contributed by atoms with Crippen molar-refractivity contribution >= 4 is 53.2 Å². The second-order valence-electron chi connectivity index (χ2n) is 6.67. The number of ether oxygens (including phenoxy) is 1. The van der Waals surface area contributed by atoms with Gasteiger partial charge in [0.1, 0.15) is 5.60 Å². The molecule has 0 spiro atoms. The van der Waals surface area contributed by atoms with E-state index in [1.54, 1.807) is 45.0 Å². The molecule has 0 saturated heterocycles. The monoisotopic (exact) mass is 365 g/mol. The minimum absolute atomic E-state index is 0. The van der Waals surface area contributed by atoms with Gasteiger partial charge in [-0.2, -0.15) is 0 Å². The van der Waals surface area contributed by atoms with Crippen LogP contribution in [0.25, 0.3) is 0 Å². The first-order valence-corrected chi connectivity index (χ1v) is 7.87. The van der Waals surface area contributed by atoms with Crippen molar-refractivity contribution in [1.82, 2.24) is 4.90 Å². The fraction of sp³-hybridized carbons (Fsp3) is 0.529. The van der Waals surface area contributed by atoms with Gasteiger partial charge in [0.05, 0.1) is 5.92 Å². The molecule has 7 heteroatoms. The summed E-state index contributed by atoms with van der Waals surface area (Å²) in [5.74, 6) is -1.84. The zero-order chi connectivity index (χ0) is 17.8. The molecule has 1 aromatic carbocycles. The molecule has 130 valence electrons. The van der Waals surface area contributed by atoms with E-state index in [1.807, 2.05) is 13.8 Å². The van der Waals surface area contributed by atoms with Gasteiger partial charge in [-0.15, -0.1) is 0 Å². The quantitative estimate of drug-likeness (QED) is 0.811. The zero-order valence-corrected chi connectivity index (χ0v) is 14.9. The zero-order valence-electron chi connectivity index (χ0n) is 14.2. The van der Waals surface area contributed by atoms with Crippen LogP contribution in [0.5, 0.6) is 0 Å². The van der Waals surface area contributed by atoms with Crippen LogP contribution in [0.2, 0.25) is 5.02 Å². The van der Waals surface area contributed by atoms with E-state index in [4.69, 9.17) is 16.3 Å². The van der Waals surface area contributed by atoms with Crippen molar-refractivity contribution in [2.45, 2.75) is 52.2 Å². The maximum atomic E-state index is 12.3. The number of carboxylic acids is 1. The molecule has 1 amide bonds. The van der Waals surface area contributed by atoms with Crippen LogP contribution in [0.1, 0.15) is 46.1 Å². The van der Waals surface area contributed by atoms with Crippen molar-refractivity contribution < 1.29 is 19.4 Å². The molecular weight excluding hydrogens is 341 g/mol. The van der Waals surface area contributed by atoms with E-state index in [0.29, 0.717) is 10.6 Å². The number of hydrogen-bond acceptors (Lipinski definition) is 3. The molecule has 0 bridgehead atoms. The summed E-state index contributed by atoms with van der Waals surface area (Å²) in [7, 11) is 0. The van der Waals surface area contributed by atoms with E-state index >= 15 is 0 Å². The van der Waals surface area contributed by atoms with Crippen molar-refractivity contribution in [2.75, 3.05) is 6.54 Å². The Morgan fingerprint density at radius 2 is 1.71 bits per heavy atom. The van der Waals surface area contributed by atoms with Gasteiger partial charge >= 0.3 is 41.6 Å². The molecule has 1 atom stereocenters. The van der Waals surface area contributed by atoms with Gasteiger partial charge < -0.3 is 14.7 Å². The van der Waals surface area contributed by atoms with E-state index in [1.165, 1.54) is 4.90 Å². The van der Waals surface area contributed by atoms with Crippen LogP contribution < -0.4 is 0 Å². The van der Waals surface area contributed by atoms with Crippen LogP contribution in [0.15, 0.2) is 24.3 Å². The predicted octanol–water partition coefficient (Wildman–Crippen LogP) is 3.51. The molecule has 0 aliphatic heterocycles. The fourth-order valence-electron chi connectivity index (χ4n) is 2.03. The summed E-state index contributed by atoms with van der Waals surface area (Å²) < 4.78 is 5.37. The third kappa shape index (κ3) is 7.43. The number of hydrogen-bond donors (Lipinski definition) is 1. The number of nitrogens with zero attached hydrogens (tertiary/aromatic N) is 1. The molecule has 24 heavy (non-hydrogen) atoms. The van der Waals surface area contributed by atoms with Gasteiger partial charge in [0.2, 0.25) is 0 Å². The van der Waals surface area contributed by atoms with E-state index in [0.717, 1.165) is 0 Å². The molecule has 0 heterocycles. The summed E-state index contributed by atoms with van der Waals surface area (Å²) in [5, 5.41) is 10.1. The van der Waals surface area contributed by atoms with Gasteiger partial charge in [0.15, 0.2) is 0 Å². The van der Waals surface area contributed by atoms with Crippen LogP contribution in [0.3, 0.4) is 0 Å². The summed E-state index contributed by atoms with van der Waals surface area (Å²) >= 11 is 5.84. The van der Waals surface area contributed by atoms with Gasteiger partial charge in [0, 0.05) is 17.6 Å². The van der Waals surface area contributed by atoms with Crippen LogP contribution >= 0.6 is 11.6 Å². The molecule has 0 saturated carbocycles. The summed E-state index contributed by atoms with van der Waals surface area (Å²) in [4.78, 5) is 25.4. The van der Waals surface area contributed by atoms with Gasteiger partial charge in [-0.3, -0.25) is 4.79 Å². The number of carbonyl (C=O) groups excluding carboxylic acids is 1. The number of rotatable bonds is 5. The predicted molar refractivity (Wildman–Crippen MR) is 97.1 cm³/mol. The number of amides is 1. The number of carboxylic acid groups (broad SMARTS) is 1. The first-order valence-electron chi connectivity index (χ1n) is 7.49. The Morgan fingerprint density at radius 3 is 2.08 bits per heavy atom. The average Bonchev–Trinajstić information content (AvgIpc) is 2.38. The Hall–Kier alpha value is -0.750. The molecule has 1 unspecified atom stereocenters. The first kappa shape index (κ1) is 23.2. The van der Waals surface area contributed by atoms with Gasteiger partial charge in [-0.05, 0) is 52.3 Å². The van der Waals surface area contributed by atoms with E-state index in [2.05, 4.69) is 0 Å². The molecule has 0 aliphatic rings. The fourth-order valence-corrected chi connectivity index (χ4v) is 2.16. The average molecular weight is 366 g/mol. The molecular formula is C17H25ClNNaO4. The normalized spacial score (nSPS) is 12.3. The molecule has 0 radical (unpaired) electrons. The topological polar surface area (TPSA) is 66.8 Å². The molecule has 1 N–H and O–H groups in total. The Morgan fingerprint density at radius 1 is 1.21 bits per heavy atom. The van der Waals surface area contributed by atoms with Crippen LogP contribution in [0.4, 0.5) is 4.79 Å². The molecule has 1 aromatic rings. The number of halogens is 1. The Labute approximate surface area is 170 Å². The van der Waals surface area contributed by atoms with E-state index in [-0.39, 0.29) is 42.1 Å². The van der Waals surface area contributed by atoms with Crippen molar-refractivity contribution in [3.63, 3.8) is 0 Å². The first-order chi connectivity index (χ1) is 10.5. The molecule has 0 aromatic heterocycles. The van der Waals surface area contributed by atoms with E-state index in [9.17, 15) is 14.7 Å². The van der Waals surface area contributed by atoms with Crippen molar-refractivity contribution in [3.05, 3.63) is 34.9 Å². The SMILES string of the molecule is CC(C)N(CC(C(=O)O)c1ccc(Cl)cc1)C(=O)OC(C)(C)C.[NaH]. The molecule has 5 nitrogen and oxygen atoms in total.